The zero-order chi connectivity index (χ0) is 13.4. The van der Waals surface area contributed by atoms with E-state index in [1.807, 2.05) is 12.1 Å². The van der Waals surface area contributed by atoms with Crippen LogP contribution in [-0.2, 0) is 4.74 Å². The highest BCUT2D eigenvalue weighted by atomic mass is 16.5. The molecule has 4 nitrogen and oxygen atoms in total. The zero-order valence-electron chi connectivity index (χ0n) is 11.9. The van der Waals surface area contributed by atoms with Crippen molar-refractivity contribution in [1.82, 2.24) is 9.80 Å². The third-order valence-corrected chi connectivity index (χ3v) is 4.15. The van der Waals surface area contributed by atoms with Crippen LogP contribution in [0.25, 0.3) is 0 Å². The van der Waals surface area contributed by atoms with Crippen LogP contribution in [0.15, 0.2) is 24.3 Å². The maximum atomic E-state index is 6.17. The molecule has 0 amide bonds. The van der Waals surface area contributed by atoms with E-state index in [9.17, 15) is 0 Å². The molecular weight excluding hydrogens is 240 g/mol. The molecule has 3 rings (SSSR count). The number of rotatable bonds is 2. The van der Waals surface area contributed by atoms with E-state index in [4.69, 9.17) is 9.47 Å². The van der Waals surface area contributed by atoms with Gasteiger partial charge in [-0.05, 0) is 31.8 Å². The first-order valence-electron chi connectivity index (χ1n) is 6.85. The summed E-state index contributed by atoms with van der Waals surface area (Å²) in [4.78, 5) is 4.80. The Morgan fingerprint density at radius 1 is 1.11 bits per heavy atom. The van der Waals surface area contributed by atoms with E-state index < -0.39 is 0 Å². The smallest absolute Gasteiger partial charge is 0.118 e. The highest BCUT2D eigenvalue weighted by Crippen LogP contribution is 2.34. The van der Waals surface area contributed by atoms with Gasteiger partial charge in [-0.2, -0.15) is 0 Å². The van der Waals surface area contributed by atoms with E-state index >= 15 is 0 Å². The van der Waals surface area contributed by atoms with Crippen molar-refractivity contribution in [1.29, 1.82) is 0 Å². The van der Waals surface area contributed by atoms with Gasteiger partial charge in [-0.3, -0.25) is 4.90 Å². The number of nitrogens with zero attached hydrogens (tertiary/aromatic N) is 2. The van der Waals surface area contributed by atoms with Crippen LogP contribution in [0.3, 0.4) is 0 Å². The molecule has 19 heavy (non-hydrogen) atoms. The second-order valence-electron chi connectivity index (χ2n) is 5.68. The van der Waals surface area contributed by atoms with Crippen molar-refractivity contribution in [3.63, 3.8) is 0 Å². The monoisotopic (exact) mass is 262 g/mol. The summed E-state index contributed by atoms with van der Waals surface area (Å²) in [5.74, 6) is 0.904. The quantitative estimate of drug-likeness (QED) is 0.804. The Hall–Kier alpha value is -1.10. The summed E-state index contributed by atoms with van der Waals surface area (Å²) in [6.45, 7) is 3.03. The maximum absolute atomic E-state index is 6.17. The van der Waals surface area contributed by atoms with Gasteiger partial charge in [-0.15, -0.1) is 0 Å². The Labute approximate surface area is 114 Å². The number of hydrogen-bond acceptors (Lipinski definition) is 4. The van der Waals surface area contributed by atoms with Crippen molar-refractivity contribution in [2.24, 2.45) is 0 Å². The van der Waals surface area contributed by atoms with Gasteiger partial charge < -0.3 is 14.4 Å². The lowest BCUT2D eigenvalue weighted by Gasteiger charge is -2.49. The second-order valence-corrected chi connectivity index (χ2v) is 5.68. The molecule has 2 unspecified atom stereocenters. The number of ether oxygens (including phenoxy) is 2. The second kappa shape index (κ2) is 5.12. The van der Waals surface area contributed by atoms with Crippen LogP contribution >= 0.6 is 0 Å². The van der Waals surface area contributed by atoms with E-state index in [1.54, 1.807) is 7.11 Å². The lowest BCUT2D eigenvalue weighted by molar-refractivity contribution is -0.158. The highest BCUT2D eigenvalue weighted by Gasteiger charge is 2.40. The molecular formula is C15H22N2O2. The van der Waals surface area contributed by atoms with Crippen LogP contribution < -0.4 is 4.74 Å². The van der Waals surface area contributed by atoms with E-state index in [0.29, 0.717) is 12.1 Å². The molecule has 4 heteroatoms. The van der Waals surface area contributed by atoms with Crippen LogP contribution in [0.4, 0.5) is 0 Å². The lowest BCUT2D eigenvalue weighted by atomic mass is 9.95. The van der Waals surface area contributed by atoms with Gasteiger partial charge in [-0.1, -0.05) is 12.1 Å². The molecule has 0 radical (unpaired) electrons. The van der Waals surface area contributed by atoms with Crippen LogP contribution in [-0.4, -0.2) is 62.8 Å². The predicted molar refractivity (Wildman–Crippen MR) is 74.5 cm³/mol. The summed E-state index contributed by atoms with van der Waals surface area (Å²) in [6, 6.07) is 8.70. The molecule has 2 aliphatic rings. The Morgan fingerprint density at radius 3 is 2.53 bits per heavy atom. The van der Waals surface area contributed by atoms with Crippen molar-refractivity contribution >= 4 is 0 Å². The highest BCUT2D eigenvalue weighted by molar-refractivity contribution is 5.30. The van der Waals surface area contributed by atoms with Crippen LogP contribution in [0.1, 0.15) is 11.6 Å². The molecule has 1 aromatic rings. The third kappa shape index (κ3) is 2.48. The molecule has 2 saturated heterocycles. The Kier molecular flexibility index (Phi) is 3.48. The fourth-order valence-electron chi connectivity index (χ4n) is 3.33. The summed E-state index contributed by atoms with van der Waals surface area (Å²) >= 11 is 0. The SMILES string of the molecule is COc1ccc([C@@H]2C3CN(C)CC(CN2C)O3)cc1. The minimum absolute atomic E-state index is 0.260. The summed E-state index contributed by atoms with van der Waals surface area (Å²) in [6.07, 6.45) is 0.610. The molecule has 2 heterocycles. The molecule has 0 aromatic heterocycles. The van der Waals surface area contributed by atoms with E-state index in [-0.39, 0.29) is 6.10 Å². The van der Waals surface area contributed by atoms with Crippen LogP contribution in [0, 0.1) is 0 Å². The van der Waals surface area contributed by atoms with Gasteiger partial charge in [0.05, 0.1) is 25.4 Å². The lowest BCUT2D eigenvalue weighted by Crippen LogP contribution is -2.58. The number of likely N-dealkylation sites (N-methyl/N-ethyl adjacent to an activating group) is 2. The van der Waals surface area contributed by atoms with Crippen LogP contribution in [0.2, 0.25) is 0 Å². The predicted octanol–water partition coefficient (Wildman–Crippen LogP) is 1.38. The molecule has 3 atom stereocenters. The first-order valence-corrected chi connectivity index (χ1v) is 6.85. The fourth-order valence-corrected chi connectivity index (χ4v) is 3.33. The molecule has 0 saturated carbocycles. The minimum Gasteiger partial charge on any atom is -0.497 e. The Morgan fingerprint density at radius 2 is 1.84 bits per heavy atom. The largest absolute Gasteiger partial charge is 0.497 e. The van der Waals surface area contributed by atoms with Gasteiger partial charge in [0.25, 0.3) is 0 Å². The third-order valence-electron chi connectivity index (χ3n) is 4.15. The summed E-state index contributed by atoms with van der Waals surface area (Å²) in [5, 5.41) is 0. The van der Waals surface area contributed by atoms with Gasteiger partial charge in [0.15, 0.2) is 0 Å². The van der Waals surface area contributed by atoms with Crippen LogP contribution in [0.5, 0.6) is 5.75 Å². The molecule has 2 fully saturated rings. The van der Waals surface area contributed by atoms with Crippen molar-refractivity contribution in [2.45, 2.75) is 18.2 Å². The molecule has 2 bridgehead atoms. The maximum Gasteiger partial charge on any atom is 0.118 e. The van der Waals surface area contributed by atoms with Gasteiger partial charge in [0.1, 0.15) is 5.75 Å². The van der Waals surface area contributed by atoms with E-state index in [1.165, 1.54) is 5.56 Å². The van der Waals surface area contributed by atoms with E-state index in [2.05, 4.69) is 36.0 Å². The average molecular weight is 262 g/mol. The number of hydrogen-bond donors (Lipinski definition) is 0. The molecule has 104 valence electrons. The fraction of sp³-hybridized carbons (Fsp3) is 0.600. The number of fused-ring (bicyclic) bond motifs is 2. The van der Waals surface area contributed by atoms with Crippen molar-refractivity contribution in [3.05, 3.63) is 29.8 Å². The summed E-state index contributed by atoms with van der Waals surface area (Å²) in [5.41, 5.74) is 1.31. The molecule has 0 aliphatic carbocycles. The Bertz CT molecular complexity index is 430. The van der Waals surface area contributed by atoms with Gasteiger partial charge >= 0.3 is 0 Å². The van der Waals surface area contributed by atoms with Gasteiger partial charge in [-0.25, -0.2) is 0 Å². The van der Waals surface area contributed by atoms with E-state index in [0.717, 1.165) is 25.4 Å². The first kappa shape index (κ1) is 12.9. The molecule has 0 N–H and O–H groups in total. The first-order chi connectivity index (χ1) is 9.17. The summed E-state index contributed by atoms with van der Waals surface area (Å²) in [7, 11) is 6.08. The van der Waals surface area contributed by atoms with Crippen molar-refractivity contribution < 1.29 is 9.47 Å². The number of benzene rings is 1. The number of methoxy groups -OCH3 is 1. The molecule has 1 aromatic carbocycles. The minimum atomic E-state index is 0.260. The Balaban J connectivity index is 1.84. The van der Waals surface area contributed by atoms with Crippen molar-refractivity contribution in [3.8, 4) is 5.75 Å². The molecule has 0 spiro atoms. The zero-order valence-corrected chi connectivity index (χ0v) is 11.9. The average Bonchev–Trinajstić information content (AvgIpc) is 2.38. The van der Waals surface area contributed by atoms with Crippen molar-refractivity contribution in [2.75, 3.05) is 40.8 Å². The molecule has 2 aliphatic heterocycles. The van der Waals surface area contributed by atoms with Gasteiger partial charge in [0.2, 0.25) is 0 Å². The topological polar surface area (TPSA) is 24.9 Å². The summed E-state index contributed by atoms with van der Waals surface area (Å²) < 4.78 is 11.4. The van der Waals surface area contributed by atoms with Gasteiger partial charge in [0, 0.05) is 19.6 Å². The normalized spacial score (nSPS) is 32.3. The number of morpholine rings is 2. The standard InChI is InChI=1S/C15H22N2O2/c1-16-8-13-9-17(2)15(14(10-16)19-13)11-4-6-12(18-3)7-5-11/h4-7,13-15H,8-10H2,1-3H3/t13?,14?,15-/m1/s1.